The Hall–Kier alpha value is -1.37. The van der Waals surface area contributed by atoms with Gasteiger partial charge in [-0.1, -0.05) is 0 Å². The number of rotatable bonds is 4. The van der Waals surface area contributed by atoms with Gasteiger partial charge in [-0.2, -0.15) is 11.3 Å². The Morgan fingerprint density at radius 2 is 2.33 bits per heavy atom. The number of fused-ring (bicyclic) bond motifs is 1. The molecule has 3 rings (SSSR count). The molecule has 0 aliphatic rings. The van der Waals surface area contributed by atoms with Crippen LogP contribution in [0.25, 0.3) is 4.96 Å². The minimum atomic E-state index is 0.501. The maximum Gasteiger partial charge on any atom is 0.195 e. The number of thiazole rings is 1. The molecular weight excluding hydrogens is 264 g/mol. The van der Waals surface area contributed by atoms with Gasteiger partial charge in [0.1, 0.15) is 0 Å². The van der Waals surface area contributed by atoms with E-state index in [-0.39, 0.29) is 0 Å². The molecule has 0 spiro atoms. The lowest BCUT2D eigenvalue weighted by Crippen LogP contribution is -2.19. The molecule has 4 nitrogen and oxygen atoms in total. The van der Waals surface area contributed by atoms with Gasteiger partial charge in [0.05, 0.1) is 5.69 Å². The summed E-state index contributed by atoms with van der Waals surface area (Å²) in [5.74, 6) is 0.982. The molecule has 0 saturated carbocycles. The van der Waals surface area contributed by atoms with Gasteiger partial charge in [-0.15, -0.1) is 11.3 Å². The highest BCUT2D eigenvalue weighted by molar-refractivity contribution is 7.15. The van der Waals surface area contributed by atoms with E-state index in [2.05, 4.69) is 38.2 Å². The van der Waals surface area contributed by atoms with E-state index in [1.54, 1.807) is 22.7 Å². The molecule has 0 aliphatic carbocycles. The number of imidazole rings is 1. The summed E-state index contributed by atoms with van der Waals surface area (Å²) in [5, 5.41) is 6.29. The van der Waals surface area contributed by atoms with Crippen molar-refractivity contribution >= 4 is 33.5 Å². The van der Waals surface area contributed by atoms with Crippen molar-refractivity contribution in [3.05, 3.63) is 39.7 Å². The monoisotopic (exact) mass is 278 g/mol. The van der Waals surface area contributed by atoms with Crippen LogP contribution < -0.4 is 10.6 Å². The van der Waals surface area contributed by atoms with E-state index >= 15 is 0 Å². The first-order chi connectivity index (χ1) is 8.79. The molecule has 0 bridgehead atoms. The molecule has 0 radical (unpaired) electrons. The van der Waals surface area contributed by atoms with Crippen LogP contribution in [0.2, 0.25) is 0 Å². The molecule has 6 heteroatoms. The van der Waals surface area contributed by atoms with Crippen molar-refractivity contribution in [2.24, 2.45) is 5.73 Å². The van der Waals surface area contributed by atoms with E-state index in [1.807, 2.05) is 11.6 Å². The van der Waals surface area contributed by atoms with Gasteiger partial charge in [-0.3, -0.25) is 4.40 Å². The van der Waals surface area contributed by atoms with Crippen molar-refractivity contribution in [2.75, 3.05) is 11.9 Å². The standard InChI is InChI=1S/C12H14N4S2/c1-15(7-9-2-4-17-8-9)11-10(6-13)16-3-5-18-12(16)14-11/h2-5,8H,6-7,13H2,1H3. The van der Waals surface area contributed by atoms with Crippen molar-refractivity contribution in [1.29, 1.82) is 0 Å². The fourth-order valence-corrected chi connectivity index (χ4v) is 3.44. The minimum Gasteiger partial charge on any atom is -0.354 e. The number of aromatic nitrogens is 2. The molecular formula is C12H14N4S2. The van der Waals surface area contributed by atoms with Crippen molar-refractivity contribution < 1.29 is 0 Å². The van der Waals surface area contributed by atoms with Crippen LogP contribution in [0.3, 0.4) is 0 Å². The van der Waals surface area contributed by atoms with Crippen LogP contribution in [-0.4, -0.2) is 16.4 Å². The van der Waals surface area contributed by atoms with Gasteiger partial charge in [0.15, 0.2) is 10.8 Å². The molecule has 94 valence electrons. The topological polar surface area (TPSA) is 46.6 Å². The Morgan fingerprint density at radius 3 is 3.06 bits per heavy atom. The summed E-state index contributed by atoms with van der Waals surface area (Å²) in [7, 11) is 2.06. The zero-order valence-electron chi connectivity index (χ0n) is 10.0. The lowest BCUT2D eigenvalue weighted by molar-refractivity contribution is 0.876. The average molecular weight is 278 g/mol. The molecule has 0 aliphatic heterocycles. The second-order valence-electron chi connectivity index (χ2n) is 4.13. The first kappa shape index (κ1) is 11.7. The van der Waals surface area contributed by atoms with Crippen LogP contribution in [0.4, 0.5) is 5.82 Å². The fourth-order valence-electron chi connectivity index (χ4n) is 2.05. The lowest BCUT2D eigenvalue weighted by atomic mass is 10.3. The highest BCUT2D eigenvalue weighted by Crippen LogP contribution is 2.24. The van der Waals surface area contributed by atoms with Gasteiger partial charge < -0.3 is 10.6 Å². The molecule has 2 N–H and O–H groups in total. The summed E-state index contributed by atoms with van der Waals surface area (Å²) in [6, 6.07) is 2.14. The molecule has 18 heavy (non-hydrogen) atoms. The lowest BCUT2D eigenvalue weighted by Gasteiger charge is -2.17. The van der Waals surface area contributed by atoms with E-state index in [0.29, 0.717) is 6.54 Å². The third-order valence-electron chi connectivity index (χ3n) is 2.89. The highest BCUT2D eigenvalue weighted by Gasteiger charge is 2.15. The molecule has 3 aromatic rings. The molecule has 0 unspecified atom stereocenters. The Labute approximate surface area is 113 Å². The number of thiophene rings is 1. The van der Waals surface area contributed by atoms with Crippen molar-refractivity contribution in [3.63, 3.8) is 0 Å². The van der Waals surface area contributed by atoms with Crippen LogP contribution in [-0.2, 0) is 13.1 Å². The Morgan fingerprint density at radius 1 is 1.44 bits per heavy atom. The van der Waals surface area contributed by atoms with Crippen LogP contribution in [0.5, 0.6) is 0 Å². The SMILES string of the molecule is CN(Cc1ccsc1)c1nc2sccn2c1CN. The summed E-state index contributed by atoms with van der Waals surface area (Å²) in [5.41, 5.74) is 8.23. The van der Waals surface area contributed by atoms with E-state index in [9.17, 15) is 0 Å². The fraction of sp³-hybridized carbons (Fsp3) is 0.250. The first-order valence-electron chi connectivity index (χ1n) is 5.66. The third kappa shape index (κ3) is 1.92. The van der Waals surface area contributed by atoms with E-state index in [1.165, 1.54) is 5.56 Å². The summed E-state index contributed by atoms with van der Waals surface area (Å²) >= 11 is 3.35. The van der Waals surface area contributed by atoms with Crippen molar-refractivity contribution in [3.8, 4) is 0 Å². The van der Waals surface area contributed by atoms with Crippen molar-refractivity contribution in [1.82, 2.24) is 9.38 Å². The summed E-state index contributed by atoms with van der Waals surface area (Å²) in [4.78, 5) is 7.81. The molecule has 3 heterocycles. The van der Waals surface area contributed by atoms with Crippen LogP contribution in [0, 0.1) is 0 Å². The maximum absolute atomic E-state index is 5.85. The highest BCUT2D eigenvalue weighted by atomic mass is 32.1. The zero-order valence-corrected chi connectivity index (χ0v) is 11.7. The second kappa shape index (κ2) is 4.72. The van der Waals surface area contributed by atoms with Crippen LogP contribution in [0.15, 0.2) is 28.4 Å². The second-order valence-corrected chi connectivity index (χ2v) is 5.78. The van der Waals surface area contributed by atoms with Gasteiger partial charge in [-0.25, -0.2) is 4.98 Å². The predicted octanol–water partition coefficient (Wildman–Crippen LogP) is 2.55. The summed E-state index contributed by atoms with van der Waals surface area (Å²) in [6.07, 6.45) is 2.02. The Bertz CT molecular complexity index is 638. The quantitative estimate of drug-likeness (QED) is 0.798. The molecule has 0 fully saturated rings. The first-order valence-corrected chi connectivity index (χ1v) is 7.48. The van der Waals surface area contributed by atoms with Crippen molar-refractivity contribution in [2.45, 2.75) is 13.1 Å². The molecule has 0 aromatic carbocycles. The maximum atomic E-state index is 5.85. The molecule has 0 saturated heterocycles. The van der Waals surface area contributed by atoms with Gasteiger partial charge in [-0.05, 0) is 22.4 Å². The molecule has 3 aromatic heterocycles. The number of nitrogens with zero attached hydrogens (tertiary/aromatic N) is 3. The zero-order chi connectivity index (χ0) is 12.5. The number of hydrogen-bond donors (Lipinski definition) is 1. The largest absolute Gasteiger partial charge is 0.354 e. The van der Waals surface area contributed by atoms with E-state index in [4.69, 9.17) is 5.73 Å². The summed E-state index contributed by atoms with van der Waals surface area (Å²) < 4.78 is 2.07. The smallest absolute Gasteiger partial charge is 0.195 e. The third-order valence-corrected chi connectivity index (χ3v) is 4.38. The summed E-state index contributed by atoms with van der Waals surface area (Å²) in [6.45, 7) is 1.36. The number of hydrogen-bond acceptors (Lipinski definition) is 5. The normalized spacial score (nSPS) is 11.2. The van der Waals surface area contributed by atoms with Gasteiger partial charge in [0.2, 0.25) is 0 Å². The van der Waals surface area contributed by atoms with Gasteiger partial charge >= 0.3 is 0 Å². The Balaban J connectivity index is 1.95. The Kier molecular flexibility index (Phi) is 3.07. The van der Waals surface area contributed by atoms with Crippen LogP contribution >= 0.6 is 22.7 Å². The van der Waals surface area contributed by atoms with E-state index < -0.39 is 0 Å². The van der Waals surface area contributed by atoms with Gasteiger partial charge in [0.25, 0.3) is 0 Å². The number of anilines is 1. The van der Waals surface area contributed by atoms with E-state index in [0.717, 1.165) is 23.0 Å². The molecule has 0 amide bonds. The predicted molar refractivity (Wildman–Crippen MR) is 77.4 cm³/mol. The molecule has 0 atom stereocenters. The average Bonchev–Trinajstić information content (AvgIpc) is 3.03. The van der Waals surface area contributed by atoms with Crippen LogP contribution in [0.1, 0.15) is 11.3 Å². The van der Waals surface area contributed by atoms with Gasteiger partial charge in [0, 0.05) is 31.7 Å². The minimum absolute atomic E-state index is 0.501. The number of nitrogens with two attached hydrogens (primary N) is 1.